The number of ether oxygens (including phenoxy) is 1. The highest BCUT2D eigenvalue weighted by molar-refractivity contribution is 7.07. The molecule has 0 aromatic carbocycles. The van der Waals surface area contributed by atoms with Crippen LogP contribution in [0.25, 0.3) is 0 Å². The zero-order valence-corrected chi connectivity index (χ0v) is 12.3. The number of aryl methyl sites for hydroxylation is 1. The first kappa shape index (κ1) is 14.9. The smallest absolute Gasteiger partial charge is 0.293 e. The average Bonchev–Trinajstić information content (AvgIpc) is 2.78. The van der Waals surface area contributed by atoms with Crippen LogP contribution in [-0.2, 0) is 4.79 Å². The summed E-state index contributed by atoms with van der Waals surface area (Å²) in [4.78, 5) is 18.0. The summed E-state index contributed by atoms with van der Waals surface area (Å²) >= 11 is 1.18. The van der Waals surface area contributed by atoms with Crippen LogP contribution in [0.2, 0.25) is 0 Å². The lowest BCUT2D eigenvalue weighted by Crippen LogP contribution is -2.42. The minimum Gasteiger partial charge on any atom is -0.459 e. The monoisotopic (exact) mass is 271 g/mol. The predicted molar refractivity (Wildman–Crippen MR) is 71.9 cm³/mol. The topological polar surface area (TPSA) is 55.3 Å². The lowest BCUT2D eigenvalue weighted by molar-refractivity contribution is -0.135. The maximum atomic E-state index is 12.1. The summed E-state index contributed by atoms with van der Waals surface area (Å²) in [5.74, 6) is 0.689. The van der Waals surface area contributed by atoms with Crippen LogP contribution < -0.4 is 4.74 Å². The highest BCUT2D eigenvalue weighted by Crippen LogP contribution is 2.14. The fourth-order valence-electron chi connectivity index (χ4n) is 1.91. The van der Waals surface area contributed by atoms with Crippen molar-refractivity contribution in [2.75, 3.05) is 13.2 Å². The largest absolute Gasteiger partial charge is 0.459 e. The molecule has 1 amide bonds. The third-order valence-electron chi connectivity index (χ3n) is 2.87. The number of carbonyl (C=O) groups excluding carboxylic acids is 1. The molecule has 0 aliphatic rings. The van der Waals surface area contributed by atoms with Gasteiger partial charge in [-0.15, -0.1) is 0 Å². The van der Waals surface area contributed by atoms with E-state index in [9.17, 15) is 4.79 Å². The van der Waals surface area contributed by atoms with Gasteiger partial charge in [-0.05, 0) is 26.7 Å². The van der Waals surface area contributed by atoms with Gasteiger partial charge in [0.25, 0.3) is 11.1 Å². The van der Waals surface area contributed by atoms with Crippen molar-refractivity contribution in [2.24, 2.45) is 0 Å². The molecule has 0 N–H and O–H groups in total. The van der Waals surface area contributed by atoms with Gasteiger partial charge in [0.2, 0.25) is 0 Å². The molecular weight excluding hydrogens is 250 g/mol. The van der Waals surface area contributed by atoms with Crippen LogP contribution >= 0.6 is 11.5 Å². The second-order valence-electron chi connectivity index (χ2n) is 4.05. The van der Waals surface area contributed by atoms with Crippen LogP contribution in [-0.4, -0.2) is 39.4 Å². The van der Waals surface area contributed by atoms with E-state index in [1.807, 2.05) is 11.8 Å². The second-order valence-corrected chi connectivity index (χ2v) is 4.76. The van der Waals surface area contributed by atoms with Gasteiger partial charge in [0.15, 0.2) is 6.61 Å². The third-order valence-corrected chi connectivity index (χ3v) is 3.59. The lowest BCUT2D eigenvalue weighted by Gasteiger charge is -2.29. The van der Waals surface area contributed by atoms with E-state index in [0.717, 1.165) is 12.8 Å². The van der Waals surface area contributed by atoms with Crippen LogP contribution in [0.15, 0.2) is 0 Å². The summed E-state index contributed by atoms with van der Waals surface area (Å²) in [6, 6.07) is 0.294. The van der Waals surface area contributed by atoms with Crippen molar-refractivity contribution in [3.05, 3.63) is 5.82 Å². The normalized spacial score (nSPS) is 10.7. The molecule has 1 aromatic rings. The van der Waals surface area contributed by atoms with Crippen molar-refractivity contribution in [3.8, 4) is 5.19 Å². The van der Waals surface area contributed by atoms with E-state index < -0.39 is 0 Å². The summed E-state index contributed by atoms with van der Waals surface area (Å²) in [6.45, 7) is 8.74. The zero-order valence-electron chi connectivity index (χ0n) is 11.5. The highest BCUT2D eigenvalue weighted by Gasteiger charge is 2.20. The standard InChI is InChI=1S/C12H21N3O2S/c1-5-10(6-2)15(7-3)11(16)8-17-12-13-9(4)14-18-12/h10H,5-8H2,1-4H3. The second kappa shape index (κ2) is 7.31. The number of aromatic nitrogens is 2. The highest BCUT2D eigenvalue weighted by atomic mass is 32.1. The molecule has 1 heterocycles. The third kappa shape index (κ3) is 3.94. The van der Waals surface area contributed by atoms with E-state index in [-0.39, 0.29) is 12.5 Å². The number of hydrogen-bond acceptors (Lipinski definition) is 5. The molecule has 0 unspecified atom stereocenters. The van der Waals surface area contributed by atoms with Gasteiger partial charge in [0.05, 0.1) is 0 Å². The molecule has 0 atom stereocenters. The zero-order chi connectivity index (χ0) is 13.5. The van der Waals surface area contributed by atoms with E-state index in [1.54, 1.807) is 6.92 Å². The van der Waals surface area contributed by atoms with E-state index >= 15 is 0 Å². The minimum atomic E-state index is 0.0130. The van der Waals surface area contributed by atoms with Gasteiger partial charge in [-0.25, -0.2) is 0 Å². The first-order valence-corrected chi connectivity index (χ1v) is 7.12. The predicted octanol–water partition coefficient (Wildman–Crippen LogP) is 2.26. The molecule has 6 heteroatoms. The molecule has 1 aromatic heterocycles. The Labute approximate surface area is 112 Å². The molecule has 0 aliphatic heterocycles. The van der Waals surface area contributed by atoms with Gasteiger partial charge < -0.3 is 9.64 Å². The molecule has 5 nitrogen and oxygen atoms in total. The fraction of sp³-hybridized carbons (Fsp3) is 0.750. The first-order chi connectivity index (χ1) is 8.62. The van der Waals surface area contributed by atoms with Crippen LogP contribution in [0.4, 0.5) is 0 Å². The Morgan fingerprint density at radius 1 is 1.39 bits per heavy atom. The summed E-state index contributed by atoms with van der Waals surface area (Å²) in [6.07, 6.45) is 1.93. The van der Waals surface area contributed by atoms with Gasteiger partial charge in [-0.1, -0.05) is 13.8 Å². The minimum absolute atomic E-state index is 0.0130. The van der Waals surface area contributed by atoms with E-state index in [0.29, 0.717) is 23.6 Å². The first-order valence-electron chi connectivity index (χ1n) is 6.34. The van der Waals surface area contributed by atoms with E-state index in [2.05, 4.69) is 23.2 Å². The molecule has 0 saturated carbocycles. The van der Waals surface area contributed by atoms with Crippen molar-refractivity contribution in [1.82, 2.24) is 14.3 Å². The molecule has 0 bridgehead atoms. The van der Waals surface area contributed by atoms with Crippen molar-refractivity contribution < 1.29 is 9.53 Å². The van der Waals surface area contributed by atoms with Gasteiger partial charge in [-0.3, -0.25) is 4.79 Å². The van der Waals surface area contributed by atoms with Crippen molar-refractivity contribution in [2.45, 2.75) is 46.6 Å². The van der Waals surface area contributed by atoms with E-state index in [1.165, 1.54) is 11.5 Å². The number of likely N-dealkylation sites (N-methyl/N-ethyl adjacent to an activating group) is 1. The quantitative estimate of drug-likeness (QED) is 0.763. The van der Waals surface area contributed by atoms with Gasteiger partial charge in [0.1, 0.15) is 5.82 Å². The van der Waals surface area contributed by atoms with Crippen molar-refractivity contribution >= 4 is 17.4 Å². The summed E-state index contributed by atoms with van der Waals surface area (Å²) in [5.41, 5.74) is 0. The van der Waals surface area contributed by atoms with Crippen molar-refractivity contribution in [1.29, 1.82) is 0 Å². The maximum Gasteiger partial charge on any atom is 0.293 e. The molecule has 0 saturated heterocycles. The summed E-state index contributed by atoms with van der Waals surface area (Å²) < 4.78 is 9.37. The van der Waals surface area contributed by atoms with Crippen LogP contribution in [0.5, 0.6) is 5.19 Å². The van der Waals surface area contributed by atoms with Crippen LogP contribution in [0.3, 0.4) is 0 Å². The molecule has 0 spiro atoms. The Hall–Kier alpha value is -1.17. The number of rotatable bonds is 7. The average molecular weight is 271 g/mol. The Morgan fingerprint density at radius 2 is 2.06 bits per heavy atom. The fourth-order valence-corrected chi connectivity index (χ4v) is 2.45. The van der Waals surface area contributed by atoms with Crippen molar-refractivity contribution in [3.63, 3.8) is 0 Å². The number of carbonyl (C=O) groups is 1. The molecule has 1 rings (SSSR count). The molecule has 0 fully saturated rings. The Balaban J connectivity index is 2.52. The van der Waals surface area contributed by atoms with Gasteiger partial charge in [-0.2, -0.15) is 9.36 Å². The van der Waals surface area contributed by atoms with Crippen LogP contribution in [0, 0.1) is 6.92 Å². The van der Waals surface area contributed by atoms with E-state index in [4.69, 9.17) is 4.74 Å². The maximum absolute atomic E-state index is 12.1. The number of amides is 1. The summed E-state index contributed by atoms with van der Waals surface area (Å²) in [5, 5.41) is 0.460. The number of hydrogen-bond donors (Lipinski definition) is 0. The molecule has 0 aliphatic carbocycles. The molecular formula is C12H21N3O2S. The van der Waals surface area contributed by atoms with Gasteiger partial charge in [0, 0.05) is 24.1 Å². The molecule has 18 heavy (non-hydrogen) atoms. The lowest BCUT2D eigenvalue weighted by atomic mass is 10.1. The number of nitrogens with zero attached hydrogens (tertiary/aromatic N) is 3. The van der Waals surface area contributed by atoms with Crippen LogP contribution in [0.1, 0.15) is 39.4 Å². The SMILES string of the molecule is CCC(CC)N(CC)C(=O)COc1nc(C)ns1. The molecule has 0 radical (unpaired) electrons. The summed E-state index contributed by atoms with van der Waals surface area (Å²) in [7, 11) is 0. The Morgan fingerprint density at radius 3 is 2.50 bits per heavy atom. The Bertz CT molecular complexity index is 377. The van der Waals surface area contributed by atoms with Gasteiger partial charge >= 0.3 is 0 Å². The molecule has 102 valence electrons. The Kier molecular flexibility index (Phi) is 6.04.